The minimum absolute atomic E-state index is 0.0516. The summed E-state index contributed by atoms with van der Waals surface area (Å²) in [6.45, 7) is 2.23. The monoisotopic (exact) mass is 372 g/mol. The van der Waals surface area contributed by atoms with Gasteiger partial charge in [0, 0.05) is 25.0 Å². The molecule has 0 unspecified atom stereocenters. The van der Waals surface area contributed by atoms with Gasteiger partial charge in [-0.25, -0.2) is 0 Å². The fraction of sp³-hybridized carbons (Fsp3) is 0.333. The summed E-state index contributed by atoms with van der Waals surface area (Å²) >= 11 is 6.27. The molecule has 0 radical (unpaired) electrons. The Kier molecular flexibility index (Phi) is 7.67. The Balaban J connectivity index is 2.19. The molecule has 0 saturated carbocycles. The van der Waals surface area contributed by atoms with Crippen LogP contribution in [0.1, 0.15) is 30.9 Å². The summed E-state index contributed by atoms with van der Waals surface area (Å²) in [5.74, 6) is -0.211. The van der Waals surface area contributed by atoms with Crippen molar-refractivity contribution in [1.29, 1.82) is 0 Å². The van der Waals surface area contributed by atoms with Crippen molar-refractivity contribution >= 4 is 23.4 Å². The van der Waals surface area contributed by atoms with E-state index in [-0.39, 0.29) is 11.8 Å². The van der Waals surface area contributed by atoms with Gasteiger partial charge in [0.25, 0.3) is 0 Å². The van der Waals surface area contributed by atoms with Crippen molar-refractivity contribution in [2.45, 2.75) is 38.8 Å². The second-order valence-corrected chi connectivity index (χ2v) is 6.54. The van der Waals surface area contributed by atoms with E-state index in [2.05, 4.69) is 5.32 Å². The molecule has 0 heterocycles. The summed E-state index contributed by atoms with van der Waals surface area (Å²) in [6, 6.07) is 16.8. The Morgan fingerprint density at radius 3 is 2.35 bits per heavy atom. The van der Waals surface area contributed by atoms with E-state index in [1.165, 1.54) is 0 Å². The third-order valence-corrected chi connectivity index (χ3v) is 4.77. The molecule has 0 aliphatic rings. The Labute approximate surface area is 160 Å². The molecular formula is C21H25ClN2O2. The van der Waals surface area contributed by atoms with Crippen molar-refractivity contribution < 1.29 is 9.59 Å². The summed E-state index contributed by atoms with van der Waals surface area (Å²) in [4.78, 5) is 26.9. The van der Waals surface area contributed by atoms with Crippen molar-refractivity contribution in [2.24, 2.45) is 0 Å². The lowest BCUT2D eigenvalue weighted by molar-refractivity contribution is -0.141. The SMILES string of the molecule is CC[C@H](C(=O)NC)N(Cc1ccccc1Cl)C(=O)CCc1ccccc1. The van der Waals surface area contributed by atoms with Crippen LogP contribution in [-0.2, 0) is 22.6 Å². The number of carbonyl (C=O) groups is 2. The average molecular weight is 373 g/mol. The van der Waals surface area contributed by atoms with Crippen LogP contribution < -0.4 is 5.32 Å². The van der Waals surface area contributed by atoms with E-state index in [9.17, 15) is 9.59 Å². The van der Waals surface area contributed by atoms with Gasteiger partial charge in [-0.05, 0) is 30.0 Å². The molecule has 5 heteroatoms. The summed E-state index contributed by atoms with van der Waals surface area (Å²) in [5.41, 5.74) is 1.94. The molecule has 2 rings (SSSR count). The number of nitrogens with zero attached hydrogens (tertiary/aromatic N) is 1. The molecule has 2 amide bonds. The van der Waals surface area contributed by atoms with Gasteiger partial charge in [-0.3, -0.25) is 9.59 Å². The van der Waals surface area contributed by atoms with Gasteiger partial charge in [-0.15, -0.1) is 0 Å². The lowest BCUT2D eigenvalue weighted by atomic mass is 10.1. The maximum absolute atomic E-state index is 13.0. The molecule has 0 aromatic heterocycles. The van der Waals surface area contributed by atoms with Crippen LogP contribution in [0.25, 0.3) is 0 Å². The van der Waals surface area contributed by atoms with Gasteiger partial charge in [0.05, 0.1) is 0 Å². The third-order valence-electron chi connectivity index (χ3n) is 4.40. The molecular weight excluding hydrogens is 348 g/mol. The van der Waals surface area contributed by atoms with Gasteiger partial charge < -0.3 is 10.2 Å². The highest BCUT2D eigenvalue weighted by molar-refractivity contribution is 6.31. The number of likely N-dealkylation sites (N-methyl/N-ethyl adjacent to an activating group) is 1. The number of aryl methyl sites for hydroxylation is 1. The van der Waals surface area contributed by atoms with Crippen LogP contribution in [0.5, 0.6) is 0 Å². The van der Waals surface area contributed by atoms with Crippen molar-refractivity contribution in [3.63, 3.8) is 0 Å². The van der Waals surface area contributed by atoms with Crippen LogP contribution in [0.4, 0.5) is 0 Å². The van der Waals surface area contributed by atoms with Crippen LogP contribution in [0.15, 0.2) is 54.6 Å². The lowest BCUT2D eigenvalue weighted by Gasteiger charge is -2.30. The van der Waals surface area contributed by atoms with Crippen molar-refractivity contribution in [2.75, 3.05) is 7.05 Å². The molecule has 0 saturated heterocycles. The Morgan fingerprint density at radius 2 is 1.73 bits per heavy atom. The number of nitrogens with one attached hydrogen (secondary N) is 1. The molecule has 2 aromatic rings. The minimum Gasteiger partial charge on any atom is -0.357 e. The smallest absolute Gasteiger partial charge is 0.242 e. The molecule has 2 aromatic carbocycles. The molecule has 1 atom stereocenters. The van der Waals surface area contributed by atoms with Crippen LogP contribution in [-0.4, -0.2) is 29.8 Å². The molecule has 4 nitrogen and oxygen atoms in total. The Hall–Kier alpha value is -2.33. The number of carbonyl (C=O) groups excluding carboxylic acids is 2. The predicted octanol–water partition coefficient (Wildman–Crippen LogP) is 3.83. The normalized spacial score (nSPS) is 11.7. The first-order chi connectivity index (χ1) is 12.6. The van der Waals surface area contributed by atoms with E-state index in [1.807, 2.05) is 55.5 Å². The fourth-order valence-electron chi connectivity index (χ4n) is 2.94. The number of hydrogen-bond acceptors (Lipinski definition) is 2. The van der Waals surface area contributed by atoms with E-state index >= 15 is 0 Å². The summed E-state index contributed by atoms with van der Waals surface area (Å²) in [7, 11) is 1.59. The van der Waals surface area contributed by atoms with E-state index in [0.717, 1.165) is 11.1 Å². The van der Waals surface area contributed by atoms with Crippen molar-refractivity contribution in [3.05, 3.63) is 70.7 Å². The van der Waals surface area contributed by atoms with Gasteiger partial charge >= 0.3 is 0 Å². The second-order valence-electron chi connectivity index (χ2n) is 6.14. The van der Waals surface area contributed by atoms with Gasteiger partial charge in [0.15, 0.2) is 0 Å². The van der Waals surface area contributed by atoms with E-state index in [0.29, 0.717) is 30.8 Å². The maximum atomic E-state index is 13.0. The zero-order chi connectivity index (χ0) is 18.9. The summed E-state index contributed by atoms with van der Waals surface area (Å²) in [6.07, 6.45) is 1.53. The van der Waals surface area contributed by atoms with Gasteiger partial charge in [-0.2, -0.15) is 0 Å². The topological polar surface area (TPSA) is 49.4 Å². The first-order valence-corrected chi connectivity index (χ1v) is 9.23. The van der Waals surface area contributed by atoms with E-state index in [1.54, 1.807) is 18.0 Å². The lowest BCUT2D eigenvalue weighted by Crippen LogP contribution is -2.48. The largest absolute Gasteiger partial charge is 0.357 e. The number of benzene rings is 2. The molecule has 0 aliphatic carbocycles. The molecule has 0 fully saturated rings. The second kappa shape index (κ2) is 9.97. The van der Waals surface area contributed by atoms with Gasteiger partial charge in [0.1, 0.15) is 6.04 Å². The number of amides is 2. The van der Waals surface area contributed by atoms with E-state index in [4.69, 9.17) is 11.6 Å². The van der Waals surface area contributed by atoms with Crippen LogP contribution in [0, 0.1) is 0 Å². The zero-order valence-electron chi connectivity index (χ0n) is 15.2. The third kappa shape index (κ3) is 5.33. The van der Waals surface area contributed by atoms with Crippen LogP contribution in [0.3, 0.4) is 0 Å². The van der Waals surface area contributed by atoms with Crippen molar-refractivity contribution in [1.82, 2.24) is 10.2 Å². The maximum Gasteiger partial charge on any atom is 0.242 e. The first-order valence-electron chi connectivity index (χ1n) is 8.85. The van der Waals surface area contributed by atoms with Crippen molar-refractivity contribution in [3.8, 4) is 0 Å². The molecule has 0 aliphatic heterocycles. The summed E-state index contributed by atoms with van der Waals surface area (Å²) < 4.78 is 0. The fourth-order valence-corrected chi connectivity index (χ4v) is 3.13. The van der Waals surface area contributed by atoms with Gasteiger partial charge in [-0.1, -0.05) is 67.1 Å². The molecule has 138 valence electrons. The predicted molar refractivity (Wildman–Crippen MR) is 105 cm³/mol. The highest BCUT2D eigenvalue weighted by atomic mass is 35.5. The first kappa shape index (κ1) is 20.0. The number of hydrogen-bond donors (Lipinski definition) is 1. The van der Waals surface area contributed by atoms with E-state index < -0.39 is 6.04 Å². The highest BCUT2D eigenvalue weighted by Gasteiger charge is 2.28. The zero-order valence-corrected chi connectivity index (χ0v) is 16.0. The Morgan fingerprint density at radius 1 is 1.08 bits per heavy atom. The molecule has 0 spiro atoms. The molecule has 0 bridgehead atoms. The average Bonchev–Trinajstić information content (AvgIpc) is 2.67. The highest BCUT2D eigenvalue weighted by Crippen LogP contribution is 2.20. The van der Waals surface area contributed by atoms with Crippen LogP contribution >= 0.6 is 11.6 Å². The van der Waals surface area contributed by atoms with Gasteiger partial charge in [0.2, 0.25) is 11.8 Å². The molecule has 26 heavy (non-hydrogen) atoms. The van der Waals surface area contributed by atoms with Crippen LogP contribution in [0.2, 0.25) is 5.02 Å². The standard InChI is InChI=1S/C21H25ClN2O2/c1-3-19(21(26)23-2)24(15-17-11-7-8-12-18(17)22)20(25)14-13-16-9-5-4-6-10-16/h4-12,19H,3,13-15H2,1-2H3,(H,23,26)/t19-/m1/s1. The Bertz CT molecular complexity index is 734. The quantitative estimate of drug-likeness (QED) is 0.765. The summed E-state index contributed by atoms with van der Waals surface area (Å²) in [5, 5.41) is 3.26. The minimum atomic E-state index is -0.514. The number of rotatable bonds is 8. The number of halogens is 1. The molecule has 1 N–H and O–H groups in total.